The number of H-pyrrole nitrogens is 1. The summed E-state index contributed by atoms with van der Waals surface area (Å²) in [5, 5.41) is 6.11. The van der Waals surface area contributed by atoms with Gasteiger partial charge in [-0.3, -0.25) is 14.6 Å². The first-order chi connectivity index (χ1) is 18.7. The monoisotopic (exact) mass is 531 g/mol. The van der Waals surface area contributed by atoms with E-state index in [9.17, 15) is 14.0 Å². The van der Waals surface area contributed by atoms with Crippen LogP contribution in [-0.2, 0) is 11.2 Å². The number of aromatic nitrogens is 2. The van der Waals surface area contributed by atoms with E-state index in [0.717, 1.165) is 5.69 Å². The van der Waals surface area contributed by atoms with Gasteiger partial charge in [0.2, 0.25) is 0 Å². The molecule has 39 heavy (non-hydrogen) atoms. The van der Waals surface area contributed by atoms with Gasteiger partial charge >= 0.3 is 0 Å². The molecule has 10 heteroatoms. The molecule has 3 N–H and O–H groups in total. The average molecular weight is 532 g/mol. The Bertz CT molecular complexity index is 1500. The number of para-hydroxylation sites is 1. The third kappa shape index (κ3) is 4.76. The van der Waals surface area contributed by atoms with Gasteiger partial charge in [-0.25, -0.2) is 4.39 Å². The van der Waals surface area contributed by atoms with Crippen LogP contribution in [0.2, 0.25) is 0 Å². The number of fused-ring (bicyclic) bond motifs is 1. The Kier molecular flexibility index (Phi) is 6.91. The van der Waals surface area contributed by atoms with Crippen LogP contribution in [0.4, 0.5) is 15.8 Å². The number of carbonyl (C=O) groups is 2. The first kappa shape index (κ1) is 26.1. The molecule has 202 valence electrons. The van der Waals surface area contributed by atoms with Gasteiger partial charge in [0.1, 0.15) is 12.4 Å². The Labute approximate surface area is 226 Å². The third-order valence-corrected chi connectivity index (χ3v) is 7.20. The van der Waals surface area contributed by atoms with Crippen molar-refractivity contribution in [2.75, 3.05) is 32.1 Å². The number of pyridine rings is 1. The Morgan fingerprint density at radius 3 is 2.90 bits per heavy atom. The van der Waals surface area contributed by atoms with Gasteiger partial charge in [0.05, 0.1) is 42.0 Å². The molecule has 4 heterocycles. The fraction of sp³-hybridized carbons (Fsp3) is 0.345. The second-order valence-corrected chi connectivity index (χ2v) is 10.2. The molecule has 2 aliphatic heterocycles. The van der Waals surface area contributed by atoms with E-state index >= 15 is 0 Å². The van der Waals surface area contributed by atoms with Gasteiger partial charge in [-0.1, -0.05) is 25.8 Å². The highest BCUT2D eigenvalue weighted by Gasteiger charge is 2.48. The molecular formula is C29H30FN5O4. The predicted octanol–water partition coefficient (Wildman–Crippen LogP) is 3.89. The van der Waals surface area contributed by atoms with E-state index in [0.29, 0.717) is 53.5 Å². The molecule has 1 fully saturated rings. The normalized spacial score (nSPS) is 17.2. The summed E-state index contributed by atoms with van der Waals surface area (Å²) >= 11 is 0. The van der Waals surface area contributed by atoms with Crippen LogP contribution in [0.1, 0.15) is 36.8 Å². The zero-order chi connectivity index (χ0) is 27.7. The SMILES string of the molecule is CC#CC(=O)N1CC(C)(C)C1COc1cnccc1-c1[nH]c2c(c1Nc1cccc(F)c1OC)C(=O)NCC2. The standard InChI is InChI=1S/C29H30FN5O4/c1-5-7-23(36)35-16-29(2,3)22(35)15-39-21-14-31-12-10-17(21)25-26(24-19(33-25)11-13-32-28(24)37)34-20-9-6-8-18(30)27(20)38-4/h6,8-10,12,14,22,33-34H,11,13,15-16H2,1-4H3,(H,32,37). The number of likely N-dealkylation sites (tertiary alicyclic amines) is 1. The zero-order valence-corrected chi connectivity index (χ0v) is 22.3. The van der Waals surface area contributed by atoms with Crippen molar-refractivity contribution in [2.45, 2.75) is 33.2 Å². The number of benzene rings is 1. The van der Waals surface area contributed by atoms with Gasteiger partial charge < -0.3 is 30.0 Å². The maximum absolute atomic E-state index is 14.5. The van der Waals surface area contributed by atoms with Crippen molar-refractivity contribution >= 4 is 23.2 Å². The number of hydrogen-bond donors (Lipinski definition) is 3. The number of carbonyl (C=O) groups excluding carboxylic acids is 2. The molecule has 5 rings (SSSR count). The van der Waals surface area contributed by atoms with Gasteiger partial charge in [0, 0.05) is 42.4 Å². The molecule has 1 saturated heterocycles. The number of hydrogen-bond acceptors (Lipinski definition) is 6. The summed E-state index contributed by atoms with van der Waals surface area (Å²) < 4.78 is 26.1. The first-order valence-electron chi connectivity index (χ1n) is 12.7. The summed E-state index contributed by atoms with van der Waals surface area (Å²) in [5.74, 6) is 4.79. The van der Waals surface area contributed by atoms with Crippen LogP contribution in [0.3, 0.4) is 0 Å². The van der Waals surface area contributed by atoms with Crippen molar-refractivity contribution in [1.82, 2.24) is 20.2 Å². The maximum Gasteiger partial charge on any atom is 0.298 e. The number of amides is 2. The molecule has 2 aromatic heterocycles. The van der Waals surface area contributed by atoms with Crippen LogP contribution in [0.25, 0.3) is 11.3 Å². The molecule has 3 aromatic rings. The lowest BCUT2D eigenvalue weighted by Crippen LogP contribution is -2.65. The van der Waals surface area contributed by atoms with E-state index < -0.39 is 5.82 Å². The smallest absolute Gasteiger partial charge is 0.298 e. The second-order valence-electron chi connectivity index (χ2n) is 10.2. The van der Waals surface area contributed by atoms with Crippen molar-refractivity contribution in [1.29, 1.82) is 0 Å². The number of methoxy groups -OCH3 is 1. The Morgan fingerprint density at radius 2 is 2.15 bits per heavy atom. The van der Waals surface area contributed by atoms with E-state index in [1.807, 2.05) is 0 Å². The maximum atomic E-state index is 14.5. The highest BCUT2D eigenvalue weighted by atomic mass is 19.1. The number of halogens is 1. The molecule has 1 aromatic carbocycles. The summed E-state index contributed by atoms with van der Waals surface area (Å²) in [6, 6.07) is 6.17. The predicted molar refractivity (Wildman–Crippen MR) is 145 cm³/mol. The van der Waals surface area contributed by atoms with Crippen LogP contribution in [0, 0.1) is 23.1 Å². The zero-order valence-electron chi connectivity index (χ0n) is 22.3. The lowest BCUT2D eigenvalue weighted by atomic mass is 9.75. The van der Waals surface area contributed by atoms with Gasteiger partial charge in [-0.05, 0) is 31.0 Å². The first-order valence-corrected chi connectivity index (χ1v) is 12.7. The number of ether oxygens (including phenoxy) is 2. The fourth-order valence-corrected chi connectivity index (χ4v) is 5.20. The number of nitrogens with one attached hydrogen (secondary N) is 3. The van der Waals surface area contributed by atoms with Gasteiger partial charge in [-0.15, -0.1) is 0 Å². The van der Waals surface area contributed by atoms with Crippen molar-refractivity contribution in [2.24, 2.45) is 5.41 Å². The Hall–Kier alpha value is -4.52. The molecule has 9 nitrogen and oxygen atoms in total. The molecule has 1 atom stereocenters. The topological polar surface area (TPSA) is 109 Å². The number of aromatic amines is 1. The number of rotatable bonds is 7. The van der Waals surface area contributed by atoms with E-state index in [2.05, 4.69) is 46.3 Å². The largest absolute Gasteiger partial charge is 0.492 e. The molecule has 0 spiro atoms. The number of anilines is 2. The lowest BCUT2D eigenvalue weighted by molar-refractivity contribution is -0.147. The van der Waals surface area contributed by atoms with Crippen molar-refractivity contribution in [3.63, 3.8) is 0 Å². The Balaban J connectivity index is 1.52. The summed E-state index contributed by atoms with van der Waals surface area (Å²) in [5.41, 5.74) is 3.16. The van der Waals surface area contributed by atoms with Gasteiger partial charge in [0.15, 0.2) is 11.6 Å². The molecular weight excluding hydrogens is 501 g/mol. The second kappa shape index (κ2) is 10.3. The minimum absolute atomic E-state index is 0.0352. The molecule has 1 unspecified atom stereocenters. The Morgan fingerprint density at radius 1 is 1.33 bits per heavy atom. The van der Waals surface area contributed by atoms with Crippen LogP contribution >= 0.6 is 0 Å². The molecule has 0 aliphatic carbocycles. The van der Waals surface area contributed by atoms with Crippen LogP contribution in [-0.4, -0.2) is 59.5 Å². The number of nitrogens with zero attached hydrogens (tertiary/aromatic N) is 2. The summed E-state index contributed by atoms with van der Waals surface area (Å²) in [4.78, 5) is 34.8. The van der Waals surface area contributed by atoms with Crippen LogP contribution < -0.4 is 20.1 Å². The van der Waals surface area contributed by atoms with Crippen molar-refractivity contribution in [3.8, 4) is 34.6 Å². The summed E-state index contributed by atoms with van der Waals surface area (Å²) in [6.07, 6.45) is 3.84. The molecule has 2 amide bonds. The highest BCUT2D eigenvalue weighted by Crippen LogP contribution is 2.43. The van der Waals surface area contributed by atoms with Gasteiger partial charge in [-0.2, -0.15) is 0 Å². The molecule has 0 bridgehead atoms. The van der Waals surface area contributed by atoms with E-state index in [1.54, 1.807) is 42.4 Å². The summed E-state index contributed by atoms with van der Waals surface area (Å²) in [6.45, 7) is 7.13. The van der Waals surface area contributed by atoms with Crippen LogP contribution in [0.5, 0.6) is 11.5 Å². The van der Waals surface area contributed by atoms with E-state index in [-0.39, 0.29) is 35.6 Å². The lowest BCUT2D eigenvalue weighted by Gasteiger charge is -2.53. The minimum Gasteiger partial charge on any atom is -0.492 e. The molecule has 0 radical (unpaired) electrons. The quantitative estimate of drug-likeness (QED) is 0.399. The fourth-order valence-electron chi connectivity index (χ4n) is 5.20. The molecule has 2 aliphatic rings. The molecule has 0 saturated carbocycles. The van der Waals surface area contributed by atoms with Gasteiger partial charge in [0.25, 0.3) is 11.8 Å². The average Bonchev–Trinajstić information content (AvgIpc) is 3.27. The van der Waals surface area contributed by atoms with Crippen LogP contribution in [0.15, 0.2) is 36.7 Å². The highest BCUT2D eigenvalue weighted by molar-refractivity contribution is 6.06. The van der Waals surface area contributed by atoms with E-state index in [4.69, 9.17) is 9.47 Å². The van der Waals surface area contributed by atoms with Crippen molar-refractivity contribution < 1.29 is 23.5 Å². The van der Waals surface area contributed by atoms with E-state index in [1.165, 1.54) is 13.2 Å². The minimum atomic E-state index is -0.527. The van der Waals surface area contributed by atoms with Crippen molar-refractivity contribution in [3.05, 3.63) is 53.7 Å². The summed E-state index contributed by atoms with van der Waals surface area (Å²) in [7, 11) is 1.39. The third-order valence-electron chi connectivity index (χ3n) is 7.20.